The highest BCUT2D eigenvalue weighted by Crippen LogP contribution is 2.20. The molecule has 378 valence electrons. The number of hydrogen-bond donors (Lipinski definition) is 0. The third kappa shape index (κ3) is 35.8. The van der Waals surface area contributed by atoms with Gasteiger partial charge in [0, 0.05) is 38.5 Å². The van der Waals surface area contributed by atoms with Crippen LogP contribution in [0.4, 0.5) is 4.79 Å². The van der Waals surface area contributed by atoms with Crippen molar-refractivity contribution in [3.63, 3.8) is 0 Å². The van der Waals surface area contributed by atoms with Crippen LogP contribution in [0.15, 0.2) is 24.3 Å². The van der Waals surface area contributed by atoms with E-state index < -0.39 is 18.5 Å². The summed E-state index contributed by atoms with van der Waals surface area (Å²) in [6, 6.07) is 0. The summed E-state index contributed by atoms with van der Waals surface area (Å²) < 4.78 is 40.2. The zero-order valence-corrected chi connectivity index (χ0v) is 42.0. The predicted octanol–water partition coefficient (Wildman–Crippen LogP) is 12.8. The van der Waals surface area contributed by atoms with Gasteiger partial charge in [-0.3, -0.25) is 14.4 Å². The lowest BCUT2D eigenvalue weighted by atomic mass is 9.96. The van der Waals surface area contributed by atoms with E-state index in [1.54, 1.807) is 0 Å². The van der Waals surface area contributed by atoms with E-state index in [2.05, 4.69) is 63.8 Å². The quantitative estimate of drug-likeness (QED) is 0.0189. The maximum atomic E-state index is 12.9. The van der Waals surface area contributed by atoms with E-state index in [0.717, 1.165) is 142 Å². The topological polar surface area (TPSA) is 136 Å². The second kappa shape index (κ2) is 43.6. The van der Waals surface area contributed by atoms with Crippen LogP contribution in [0, 0.1) is 11.8 Å². The normalized spacial score (nSPS) is 15.0. The number of carbonyl (C=O) groups excluding carboxylic acids is 4. The molecular weight excluding hydrogens is 827 g/mol. The minimum atomic E-state index is -0.693. The summed E-state index contributed by atoms with van der Waals surface area (Å²) in [6.45, 7) is 16.0. The highest BCUT2D eigenvalue weighted by Gasteiger charge is 2.23. The first-order chi connectivity index (χ1) is 31.8. The van der Waals surface area contributed by atoms with Crippen LogP contribution < -0.4 is 0 Å². The van der Waals surface area contributed by atoms with Crippen LogP contribution in [0.1, 0.15) is 208 Å². The molecule has 1 rings (SSSR count). The molecule has 1 heterocycles. The molecule has 2 atom stereocenters. The molecule has 0 aliphatic carbocycles. The number of rotatable bonds is 43. The fourth-order valence-corrected chi connectivity index (χ4v) is 7.81. The SMILES string of the molecule is CC/C=C\CCCCOC(CCC(=O)OCCCC(CCCOC(=O)CCCCCCOC(=O)C(CCCC)CCCC)OC(=O)OCC1CCCN(CC)C1)OCCCC/C=C\CC. The van der Waals surface area contributed by atoms with Crippen molar-refractivity contribution in [3.05, 3.63) is 24.3 Å². The van der Waals surface area contributed by atoms with Crippen molar-refractivity contribution < 1.29 is 52.3 Å². The van der Waals surface area contributed by atoms with Crippen LogP contribution in [0.3, 0.4) is 0 Å². The summed E-state index contributed by atoms with van der Waals surface area (Å²) in [6.07, 6.45) is 29.6. The Morgan fingerprint density at radius 3 is 1.72 bits per heavy atom. The number of carbonyl (C=O) groups is 4. The number of hydrogen-bond acceptors (Lipinski definition) is 12. The Bertz CT molecular complexity index is 1190. The molecule has 0 aromatic carbocycles. The number of nitrogens with zero attached hydrogens (tertiary/aromatic N) is 1. The highest BCUT2D eigenvalue weighted by atomic mass is 16.7. The van der Waals surface area contributed by atoms with E-state index in [0.29, 0.717) is 71.4 Å². The van der Waals surface area contributed by atoms with Gasteiger partial charge in [-0.05, 0) is 129 Å². The van der Waals surface area contributed by atoms with E-state index in [1.165, 1.54) is 0 Å². The van der Waals surface area contributed by atoms with Gasteiger partial charge in [-0.25, -0.2) is 4.79 Å². The number of likely N-dealkylation sites (tertiary alicyclic amines) is 1. The van der Waals surface area contributed by atoms with Crippen molar-refractivity contribution in [3.8, 4) is 0 Å². The molecule has 0 spiro atoms. The average molecular weight is 922 g/mol. The van der Waals surface area contributed by atoms with Crippen LogP contribution in [-0.2, 0) is 47.5 Å². The summed E-state index contributed by atoms with van der Waals surface area (Å²) in [5, 5.41) is 0. The van der Waals surface area contributed by atoms with Gasteiger partial charge in [0.15, 0.2) is 6.29 Å². The third-order valence-corrected chi connectivity index (χ3v) is 11.8. The number of unbranched alkanes of at least 4 members (excludes halogenated alkanes) is 9. The first-order valence-corrected chi connectivity index (χ1v) is 26.3. The summed E-state index contributed by atoms with van der Waals surface area (Å²) in [4.78, 5) is 53.1. The van der Waals surface area contributed by atoms with Crippen LogP contribution in [0.5, 0.6) is 0 Å². The molecule has 0 bridgehead atoms. The van der Waals surface area contributed by atoms with Crippen molar-refractivity contribution in [2.75, 3.05) is 59.3 Å². The molecule has 0 amide bonds. The largest absolute Gasteiger partial charge is 0.508 e. The lowest BCUT2D eigenvalue weighted by Crippen LogP contribution is -2.37. The molecule has 0 N–H and O–H groups in total. The number of ether oxygens (including phenoxy) is 7. The molecule has 12 heteroatoms. The van der Waals surface area contributed by atoms with E-state index in [1.807, 2.05) is 0 Å². The van der Waals surface area contributed by atoms with E-state index in [4.69, 9.17) is 33.2 Å². The molecule has 1 saturated heterocycles. The maximum Gasteiger partial charge on any atom is 0.508 e. The first kappa shape index (κ1) is 60.1. The van der Waals surface area contributed by atoms with Crippen LogP contribution in [-0.4, -0.2) is 101 Å². The first-order valence-electron chi connectivity index (χ1n) is 26.3. The zero-order chi connectivity index (χ0) is 47.4. The van der Waals surface area contributed by atoms with Crippen molar-refractivity contribution in [1.82, 2.24) is 4.90 Å². The molecule has 1 aliphatic heterocycles. The summed E-state index contributed by atoms with van der Waals surface area (Å²) in [7, 11) is 0. The van der Waals surface area contributed by atoms with E-state index in [9.17, 15) is 19.2 Å². The minimum Gasteiger partial charge on any atom is -0.466 e. The summed E-state index contributed by atoms with van der Waals surface area (Å²) >= 11 is 0. The van der Waals surface area contributed by atoms with Crippen molar-refractivity contribution >= 4 is 24.1 Å². The molecule has 2 unspecified atom stereocenters. The molecule has 1 aliphatic rings. The van der Waals surface area contributed by atoms with Gasteiger partial charge in [-0.2, -0.15) is 0 Å². The van der Waals surface area contributed by atoms with Crippen LogP contribution in [0.2, 0.25) is 0 Å². The highest BCUT2D eigenvalue weighted by molar-refractivity contribution is 5.72. The average Bonchev–Trinajstić information content (AvgIpc) is 3.31. The standard InChI is InChI=1S/C53H95NO11/c1-6-11-15-17-20-24-39-61-51(62-40-25-21-18-16-12-7-2)37-36-50(56)60-43-29-34-48(65-53(58)64-45-46-30-27-38-54(10-5)44-46)33-28-42-59-49(55)35-23-19-22-26-41-63-52(57)47(31-13-8-3)32-14-9-4/h11-12,15-16,46-48,51H,6-10,13-14,17-45H2,1-5H3/b15-11-,16-12-. The zero-order valence-electron chi connectivity index (χ0n) is 42.0. The monoisotopic (exact) mass is 922 g/mol. The predicted molar refractivity (Wildman–Crippen MR) is 260 cm³/mol. The van der Waals surface area contributed by atoms with Crippen molar-refractivity contribution in [1.29, 1.82) is 0 Å². The third-order valence-electron chi connectivity index (χ3n) is 11.8. The van der Waals surface area contributed by atoms with E-state index >= 15 is 0 Å². The van der Waals surface area contributed by atoms with Gasteiger partial charge in [0.2, 0.25) is 0 Å². The van der Waals surface area contributed by atoms with Gasteiger partial charge < -0.3 is 38.1 Å². The van der Waals surface area contributed by atoms with Gasteiger partial charge in [0.05, 0.1) is 38.8 Å². The Kier molecular flexibility index (Phi) is 40.3. The number of allylic oxidation sites excluding steroid dienone is 4. The lowest BCUT2D eigenvalue weighted by molar-refractivity contribution is -0.159. The Morgan fingerprint density at radius 1 is 0.569 bits per heavy atom. The molecule has 0 saturated carbocycles. The maximum absolute atomic E-state index is 12.9. The van der Waals surface area contributed by atoms with Crippen molar-refractivity contribution in [2.45, 2.75) is 220 Å². The molecule has 0 aromatic rings. The second-order valence-corrected chi connectivity index (χ2v) is 17.7. The fourth-order valence-electron chi connectivity index (χ4n) is 7.81. The number of esters is 3. The van der Waals surface area contributed by atoms with Crippen LogP contribution >= 0.6 is 0 Å². The molecule has 12 nitrogen and oxygen atoms in total. The van der Waals surface area contributed by atoms with Gasteiger partial charge in [0.25, 0.3) is 0 Å². The van der Waals surface area contributed by atoms with Crippen molar-refractivity contribution in [2.24, 2.45) is 11.8 Å². The minimum absolute atomic E-state index is 0.00943. The molecule has 0 radical (unpaired) electrons. The molecule has 0 aromatic heterocycles. The fraction of sp³-hybridized carbons (Fsp3) is 0.849. The van der Waals surface area contributed by atoms with Crippen LogP contribution in [0.25, 0.3) is 0 Å². The Labute approximate surface area is 396 Å². The van der Waals surface area contributed by atoms with Gasteiger partial charge in [-0.15, -0.1) is 0 Å². The van der Waals surface area contributed by atoms with E-state index in [-0.39, 0.29) is 49.4 Å². The second-order valence-electron chi connectivity index (χ2n) is 17.7. The molecular formula is C53H95NO11. The number of piperidine rings is 1. The van der Waals surface area contributed by atoms with Gasteiger partial charge in [-0.1, -0.05) is 97.4 Å². The Balaban J connectivity index is 2.52. The molecule has 1 fully saturated rings. The smallest absolute Gasteiger partial charge is 0.466 e. The summed E-state index contributed by atoms with van der Waals surface area (Å²) in [5.74, 6) is -0.333. The summed E-state index contributed by atoms with van der Waals surface area (Å²) in [5.41, 5.74) is 0. The Morgan fingerprint density at radius 2 is 1.14 bits per heavy atom. The Hall–Kier alpha value is -2.96. The lowest BCUT2D eigenvalue weighted by Gasteiger charge is -2.31. The van der Waals surface area contributed by atoms with Gasteiger partial charge in [0.1, 0.15) is 6.10 Å². The van der Waals surface area contributed by atoms with Gasteiger partial charge >= 0.3 is 24.1 Å². The molecule has 65 heavy (non-hydrogen) atoms.